The fourth-order valence-corrected chi connectivity index (χ4v) is 3.56. The first kappa shape index (κ1) is 17.1. The van der Waals surface area contributed by atoms with Gasteiger partial charge in [-0.1, -0.05) is 0 Å². The van der Waals surface area contributed by atoms with Crippen LogP contribution in [0.4, 0.5) is 20.6 Å². The Morgan fingerprint density at radius 1 is 1.38 bits per heavy atom. The quantitative estimate of drug-likeness (QED) is 0.824. The highest BCUT2D eigenvalue weighted by atomic mass is 19.1. The van der Waals surface area contributed by atoms with Gasteiger partial charge in [-0.25, -0.2) is 9.18 Å². The maximum atomic E-state index is 14.7. The van der Waals surface area contributed by atoms with Gasteiger partial charge in [-0.3, -0.25) is 9.69 Å². The van der Waals surface area contributed by atoms with Crippen molar-refractivity contribution < 1.29 is 23.5 Å². The molecule has 0 saturated carbocycles. The van der Waals surface area contributed by atoms with E-state index in [4.69, 9.17) is 9.47 Å². The number of piperidine rings is 1. The maximum absolute atomic E-state index is 14.7. The summed E-state index contributed by atoms with van der Waals surface area (Å²) in [6, 6.07) is 4.82. The van der Waals surface area contributed by atoms with Gasteiger partial charge in [0.25, 0.3) is 0 Å². The van der Waals surface area contributed by atoms with Gasteiger partial charge in [0.2, 0.25) is 5.91 Å². The average Bonchev–Trinajstić information content (AvgIpc) is 3.26. The molecule has 0 aromatic heterocycles. The second-order valence-corrected chi connectivity index (χ2v) is 7.15. The third-order valence-corrected chi connectivity index (χ3v) is 5.26. The summed E-state index contributed by atoms with van der Waals surface area (Å²) in [6.45, 7) is 4.28. The molecule has 1 N–H and O–H groups in total. The molecule has 3 aliphatic heterocycles. The Hall–Kier alpha value is -2.35. The van der Waals surface area contributed by atoms with Crippen LogP contribution >= 0.6 is 0 Å². The number of amides is 2. The van der Waals surface area contributed by atoms with E-state index in [2.05, 4.69) is 5.32 Å². The van der Waals surface area contributed by atoms with Crippen molar-refractivity contribution in [1.29, 1.82) is 0 Å². The van der Waals surface area contributed by atoms with Crippen LogP contribution in [0.5, 0.6) is 0 Å². The van der Waals surface area contributed by atoms with Crippen molar-refractivity contribution in [2.24, 2.45) is 0 Å². The minimum Gasteiger partial charge on any atom is -0.442 e. The Kier molecular flexibility index (Phi) is 4.22. The minimum absolute atomic E-state index is 0.0507. The number of cyclic esters (lactones) is 1. The predicted octanol–water partition coefficient (Wildman–Crippen LogP) is 1.66. The summed E-state index contributed by atoms with van der Waals surface area (Å²) >= 11 is 0. The topological polar surface area (TPSA) is 74.4 Å². The van der Waals surface area contributed by atoms with E-state index in [-0.39, 0.29) is 30.4 Å². The van der Waals surface area contributed by atoms with Crippen LogP contribution in [0.2, 0.25) is 0 Å². The summed E-state index contributed by atoms with van der Waals surface area (Å²) in [5.41, 5.74) is 1.06. The normalized spacial score (nSPS) is 23.9. The zero-order valence-corrected chi connectivity index (χ0v) is 14.7. The molecule has 1 spiro atoms. The van der Waals surface area contributed by atoms with Crippen molar-refractivity contribution in [3.63, 3.8) is 0 Å². The first-order valence-corrected chi connectivity index (χ1v) is 8.87. The fourth-order valence-electron chi connectivity index (χ4n) is 3.56. The standard InChI is InChI=1S/C18H22FN3O4/c1-12(23)20-9-14-10-22(17(24)26-14)13-2-3-16(15(19)8-13)21-6-4-18(5-7-21)11-25-18/h2-3,8,14H,4-7,9-11H2,1H3,(H,20,23). The molecule has 1 atom stereocenters. The molecule has 3 aliphatic rings. The number of ether oxygens (including phenoxy) is 2. The van der Waals surface area contributed by atoms with Gasteiger partial charge in [-0.05, 0) is 31.0 Å². The molecule has 1 aromatic rings. The van der Waals surface area contributed by atoms with Crippen LogP contribution in [0.15, 0.2) is 18.2 Å². The van der Waals surface area contributed by atoms with E-state index in [0.717, 1.165) is 32.5 Å². The summed E-state index contributed by atoms with van der Waals surface area (Å²) in [6.07, 6.45) is 0.860. The molecule has 0 bridgehead atoms. The zero-order chi connectivity index (χ0) is 18.3. The number of benzene rings is 1. The SMILES string of the molecule is CC(=O)NCC1CN(c2ccc(N3CCC4(CC3)CO4)c(F)c2)C(=O)O1. The molecule has 3 saturated heterocycles. The molecule has 3 fully saturated rings. The number of nitrogens with zero attached hydrogens (tertiary/aromatic N) is 2. The number of carbonyl (C=O) groups excluding carboxylic acids is 2. The van der Waals surface area contributed by atoms with Gasteiger partial charge in [0.05, 0.1) is 36.7 Å². The van der Waals surface area contributed by atoms with Crippen LogP contribution in [-0.4, -0.2) is 56.5 Å². The first-order valence-electron chi connectivity index (χ1n) is 8.87. The number of epoxide rings is 1. The molecule has 3 heterocycles. The number of halogens is 1. The van der Waals surface area contributed by atoms with Crippen LogP contribution in [0.1, 0.15) is 19.8 Å². The third-order valence-electron chi connectivity index (χ3n) is 5.26. The summed E-state index contributed by atoms with van der Waals surface area (Å²) in [5, 5.41) is 2.62. The third kappa shape index (κ3) is 3.33. The highest BCUT2D eigenvalue weighted by Gasteiger charge is 2.46. The van der Waals surface area contributed by atoms with Gasteiger partial charge in [-0.2, -0.15) is 0 Å². The number of nitrogens with one attached hydrogen (secondary N) is 1. The molecule has 140 valence electrons. The molecule has 0 radical (unpaired) electrons. The Labute approximate surface area is 151 Å². The van der Waals surface area contributed by atoms with Crippen molar-refractivity contribution in [3.05, 3.63) is 24.0 Å². The van der Waals surface area contributed by atoms with Crippen LogP contribution in [0.3, 0.4) is 0 Å². The van der Waals surface area contributed by atoms with E-state index in [1.807, 2.05) is 4.90 Å². The molecule has 1 aromatic carbocycles. The van der Waals surface area contributed by atoms with E-state index in [0.29, 0.717) is 11.4 Å². The maximum Gasteiger partial charge on any atom is 0.414 e. The average molecular weight is 363 g/mol. The fraction of sp³-hybridized carbons (Fsp3) is 0.556. The summed E-state index contributed by atoms with van der Waals surface area (Å²) in [5.74, 6) is -0.539. The zero-order valence-electron chi connectivity index (χ0n) is 14.7. The lowest BCUT2D eigenvalue weighted by molar-refractivity contribution is -0.119. The largest absolute Gasteiger partial charge is 0.442 e. The highest BCUT2D eigenvalue weighted by Crippen LogP contribution is 2.39. The molecule has 7 nitrogen and oxygen atoms in total. The van der Waals surface area contributed by atoms with Crippen molar-refractivity contribution in [2.75, 3.05) is 42.6 Å². The van der Waals surface area contributed by atoms with Gasteiger partial charge in [0, 0.05) is 20.0 Å². The smallest absolute Gasteiger partial charge is 0.414 e. The summed E-state index contributed by atoms with van der Waals surface area (Å²) in [4.78, 5) is 26.4. The Morgan fingerprint density at radius 2 is 2.12 bits per heavy atom. The lowest BCUT2D eigenvalue weighted by atomic mass is 9.97. The van der Waals surface area contributed by atoms with Crippen molar-refractivity contribution in [1.82, 2.24) is 5.32 Å². The second-order valence-electron chi connectivity index (χ2n) is 7.15. The molecule has 4 rings (SSSR count). The number of rotatable bonds is 4. The van der Waals surface area contributed by atoms with E-state index in [9.17, 15) is 14.0 Å². The van der Waals surface area contributed by atoms with Gasteiger partial charge in [0.1, 0.15) is 11.9 Å². The van der Waals surface area contributed by atoms with Crippen molar-refractivity contribution in [3.8, 4) is 0 Å². The molecule has 1 unspecified atom stereocenters. The van der Waals surface area contributed by atoms with Gasteiger partial charge in [-0.15, -0.1) is 0 Å². The molecule has 8 heteroatoms. The van der Waals surface area contributed by atoms with E-state index < -0.39 is 12.2 Å². The lowest BCUT2D eigenvalue weighted by Crippen LogP contribution is -2.38. The number of carbonyl (C=O) groups is 2. The Morgan fingerprint density at radius 3 is 2.73 bits per heavy atom. The van der Waals surface area contributed by atoms with E-state index in [1.165, 1.54) is 17.9 Å². The van der Waals surface area contributed by atoms with Gasteiger partial charge >= 0.3 is 6.09 Å². The summed E-state index contributed by atoms with van der Waals surface area (Å²) < 4.78 is 25.4. The number of hydrogen-bond donors (Lipinski definition) is 1. The lowest BCUT2D eigenvalue weighted by Gasteiger charge is -2.32. The van der Waals surface area contributed by atoms with Gasteiger partial charge in [0.15, 0.2) is 0 Å². The van der Waals surface area contributed by atoms with Crippen molar-refractivity contribution in [2.45, 2.75) is 31.5 Å². The van der Waals surface area contributed by atoms with E-state index >= 15 is 0 Å². The monoisotopic (exact) mass is 363 g/mol. The summed E-state index contributed by atoms with van der Waals surface area (Å²) in [7, 11) is 0. The second kappa shape index (κ2) is 6.42. The molecule has 0 aliphatic carbocycles. The van der Waals surface area contributed by atoms with Gasteiger partial charge < -0.3 is 19.7 Å². The van der Waals surface area contributed by atoms with Crippen LogP contribution < -0.4 is 15.1 Å². The van der Waals surface area contributed by atoms with Crippen LogP contribution in [-0.2, 0) is 14.3 Å². The van der Waals surface area contributed by atoms with Crippen LogP contribution in [0, 0.1) is 5.82 Å². The molecule has 2 amide bonds. The molecule has 26 heavy (non-hydrogen) atoms. The predicted molar refractivity (Wildman–Crippen MR) is 92.8 cm³/mol. The first-order chi connectivity index (χ1) is 12.5. The Balaban J connectivity index is 1.42. The number of hydrogen-bond acceptors (Lipinski definition) is 5. The molecular weight excluding hydrogens is 341 g/mol. The minimum atomic E-state index is -0.529. The van der Waals surface area contributed by atoms with E-state index in [1.54, 1.807) is 12.1 Å². The Bertz CT molecular complexity index is 727. The van der Waals surface area contributed by atoms with Crippen molar-refractivity contribution >= 4 is 23.4 Å². The molecular formula is C18H22FN3O4. The van der Waals surface area contributed by atoms with Crippen LogP contribution in [0.25, 0.3) is 0 Å². The number of anilines is 2. The highest BCUT2D eigenvalue weighted by molar-refractivity contribution is 5.90.